The largest absolute Gasteiger partial charge is 0.383 e. The maximum atomic E-state index is 6.36. The maximum absolute atomic E-state index is 6.36. The van der Waals surface area contributed by atoms with Gasteiger partial charge in [-0.05, 0) is 82.7 Å². The second kappa shape index (κ2) is 11.9. The number of likely N-dealkylation sites (N-methyl/N-ethyl adjacent to an activating group) is 1. The Morgan fingerprint density at radius 2 is 1.90 bits per heavy atom. The highest BCUT2D eigenvalue weighted by molar-refractivity contribution is 5.83. The molecule has 202 valence electrons. The maximum Gasteiger partial charge on any atom is 0.161 e. The first-order valence-corrected chi connectivity index (χ1v) is 13.9. The van der Waals surface area contributed by atoms with Crippen LogP contribution in [0.15, 0.2) is 84.6 Å². The minimum atomic E-state index is -0.359. The average molecular weight is 522 g/mol. The summed E-state index contributed by atoms with van der Waals surface area (Å²) in [5.41, 5.74) is 11.9. The van der Waals surface area contributed by atoms with Crippen molar-refractivity contribution in [3.8, 4) is 22.6 Å². The lowest BCUT2D eigenvalue weighted by atomic mass is 9.89. The molecule has 4 aromatic rings. The molecule has 0 fully saturated rings. The van der Waals surface area contributed by atoms with Crippen molar-refractivity contribution in [1.29, 1.82) is 0 Å². The van der Waals surface area contributed by atoms with Gasteiger partial charge in [0.2, 0.25) is 0 Å². The number of unbranched alkanes of at least 4 members (excludes halogenated alkanes) is 1. The van der Waals surface area contributed by atoms with Gasteiger partial charge in [-0.2, -0.15) is 0 Å². The molecule has 0 spiro atoms. The Morgan fingerprint density at radius 3 is 2.62 bits per heavy atom. The summed E-state index contributed by atoms with van der Waals surface area (Å²) < 4.78 is 2.25. The van der Waals surface area contributed by atoms with Gasteiger partial charge in [0, 0.05) is 18.3 Å². The molecule has 1 atom stereocenters. The summed E-state index contributed by atoms with van der Waals surface area (Å²) in [6.07, 6.45) is 11.9. The van der Waals surface area contributed by atoms with Gasteiger partial charge in [0.25, 0.3) is 0 Å². The lowest BCUT2D eigenvalue weighted by Gasteiger charge is -2.33. The third-order valence-electron chi connectivity index (χ3n) is 7.60. The molecule has 5 rings (SSSR count). The molecule has 3 N–H and O–H groups in total. The third kappa shape index (κ3) is 5.79. The lowest BCUT2D eigenvalue weighted by molar-refractivity contribution is 0.304. The molecular weight excluding hydrogens is 482 g/mol. The predicted molar refractivity (Wildman–Crippen MR) is 161 cm³/mol. The van der Waals surface area contributed by atoms with Crippen molar-refractivity contribution in [1.82, 2.24) is 29.7 Å². The normalized spacial score (nSPS) is 17.2. The van der Waals surface area contributed by atoms with E-state index in [0.717, 1.165) is 66.4 Å². The molecule has 3 heterocycles. The van der Waals surface area contributed by atoms with E-state index in [1.54, 1.807) is 6.20 Å². The first-order valence-electron chi connectivity index (χ1n) is 13.9. The van der Waals surface area contributed by atoms with Gasteiger partial charge >= 0.3 is 0 Å². The third-order valence-corrected chi connectivity index (χ3v) is 7.60. The molecule has 0 saturated carbocycles. The Labute approximate surface area is 231 Å². The average Bonchev–Trinajstić information content (AvgIpc) is 3.36. The van der Waals surface area contributed by atoms with Crippen molar-refractivity contribution in [3.05, 3.63) is 84.6 Å². The zero-order chi connectivity index (χ0) is 27.2. The lowest BCUT2D eigenvalue weighted by Crippen LogP contribution is -2.32. The SMILES string of the molecule is CCN(CCCCNC)CC1=CCC(C)(n2c(-c3cccnc3N)nc3ccc(-c4ccccc4)nc32)C=C1. The number of pyridine rings is 2. The first kappa shape index (κ1) is 26.8. The highest BCUT2D eigenvalue weighted by Gasteiger charge is 2.32. The predicted octanol–water partition coefficient (Wildman–Crippen LogP) is 5.67. The van der Waals surface area contributed by atoms with E-state index in [4.69, 9.17) is 15.7 Å². The number of nitrogen functional groups attached to an aromatic ring is 1. The second-order valence-electron chi connectivity index (χ2n) is 10.5. The molecule has 0 bridgehead atoms. The molecule has 7 nitrogen and oxygen atoms in total. The fraction of sp³-hybridized carbons (Fsp3) is 0.344. The van der Waals surface area contributed by atoms with Crippen LogP contribution in [-0.4, -0.2) is 57.6 Å². The van der Waals surface area contributed by atoms with Gasteiger partial charge in [0.15, 0.2) is 5.65 Å². The number of imidazole rings is 1. The molecule has 0 radical (unpaired) electrons. The zero-order valence-electron chi connectivity index (χ0n) is 23.3. The fourth-order valence-electron chi connectivity index (χ4n) is 5.29. The summed E-state index contributed by atoms with van der Waals surface area (Å²) in [6.45, 7) is 8.69. The molecular formula is C32H39N7. The quantitative estimate of drug-likeness (QED) is 0.248. The van der Waals surface area contributed by atoms with Crippen molar-refractivity contribution < 1.29 is 0 Å². The number of rotatable bonds is 11. The smallest absolute Gasteiger partial charge is 0.161 e. The summed E-state index contributed by atoms with van der Waals surface area (Å²) in [5, 5.41) is 3.24. The minimum absolute atomic E-state index is 0.359. The van der Waals surface area contributed by atoms with E-state index in [0.29, 0.717) is 5.82 Å². The number of fused-ring (bicyclic) bond motifs is 1. The zero-order valence-corrected chi connectivity index (χ0v) is 23.3. The number of aromatic nitrogens is 4. The van der Waals surface area contributed by atoms with Crippen LogP contribution in [0.25, 0.3) is 33.8 Å². The summed E-state index contributed by atoms with van der Waals surface area (Å²) in [4.78, 5) is 17.1. The Kier molecular flexibility index (Phi) is 8.19. The van der Waals surface area contributed by atoms with Crippen LogP contribution in [0.1, 0.15) is 33.1 Å². The molecule has 1 aliphatic carbocycles. The molecule has 1 aliphatic rings. The molecule has 1 unspecified atom stereocenters. The second-order valence-corrected chi connectivity index (χ2v) is 10.5. The van der Waals surface area contributed by atoms with Gasteiger partial charge in [-0.1, -0.05) is 55.5 Å². The number of nitrogens with two attached hydrogens (primary N) is 1. The van der Waals surface area contributed by atoms with Crippen LogP contribution in [-0.2, 0) is 5.54 Å². The highest BCUT2D eigenvalue weighted by Crippen LogP contribution is 2.38. The Bertz CT molecular complexity index is 1470. The topological polar surface area (TPSA) is 84.9 Å². The number of allylic oxidation sites excluding steroid dienone is 2. The highest BCUT2D eigenvalue weighted by atomic mass is 15.2. The van der Waals surface area contributed by atoms with Gasteiger partial charge in [0.1, 0.15) is 17.2 Å². The van der Waals surface area contributed by atoms with Crippen molar-refractivity contribution >= 4 is 17.0 Å². The summed E-state index contributed by atoms with van der Waals surface area (Å²) in [6, 6.07) is 18.3. The summed E-state index contributed by atoms with van der Waals surface area (Å²) in [7, 11) is 2.02. The number of hydrogen-bond acceptors (Lipinski definition) is 6. The van der Waals surface area contributed by atoms with E-state index in [1.165, 1.54) is 18.4 Å². The van der Waals surface area contributed by atoms with Crippen molar-refractivity contribution in [3.63, 3.8) is 0 Å². The standard InChI is InChI=1S/C32H39N7/c1-4-38(22-9-8-20-34-3)23-24-16-18-32(2,19-17-24)39-30(26-13-10-21-35-29(26)33)37-28-15-14-27(36-31(28)39)25-11-6-5-7-12-25/h5-7,10-18,21,34H,4,8-9,19-20,22-23H2,1-3H3,(H2,33,35). The molecule has 0 saturated heterocycles. The van der Waals surface area contributed by atoms with E-state index in [1.807, 2.05) is 43.4 Å². The first-order chi connectivity index (χ1) is 19.0. The number of hydrogen-bond donors (Lipinski definition) is 2. The van der Waals surface area contributed by atoms with E-state index in [2.05, 4.69) is 70.0 Å². The van der Waals surface area contributed by atoms with Gasteiger partial charge in [-0.3, -0.25) is 9.47 Å². The Balaban J connectivity index is 1.51. The molecule has 1 aromatic carbocycles. The minimum Gasteiger partial charge on any atom is -0.383 e. The van der Waals surface area contributed by atoms with Crippen LogP contribution >= 0.6 is 0 Å². The number of anilines is 1. The van der Waals surface area contributed by atoms with Crippen LogP contribution in [0.5, 0.6) is 0 Å². The number of benzene rings is 1. The van der Waals surface area contributed by atoms with Gasteiger partial charge in [0.05, 0.1) is 16.8 Å². The molecule has 39 heavy (non-hydrogen) atoms. The van der Waals surface area contributed by atoms with Crippen molar-refractivity contribution in [2.75, 3.05) is 39.0 Å². The van der Waals surface area contributed by atoms with Crippen LogP contribution in [0.2, 0.25) is 0 Å². The molecule has 3 aromatic heterocycles. The van der Waals surface area contributed by atoms with Crippen LogP contribution in [0, 0.1) is 0 Å². The van der Waals surface area contributed by atoms with E-state index >= 15 is 0 Å². The fourth-order valence-corrected chi connectivity index (χ4v) is 5.29. The van der Waals surface area contributed by atoms with E-state index < -0.39 is 0 Å². The number of nitrogens with one attached hydrogen (secondary N) is 1. The Morgan fingerprint density at radius 1 is 1.05 bits per heavy atom. The van der Waals surface area contributed by atoms with Gasteiger partial charge in [-0.15, -0.1) is 0 Å². The van der Waals surface area contributed by atoms with E-state index in [9.17, 15) is 0 Å². The van der Waals surface area contributed by atoms with Gasteiger partial charge < -0.3 is 11.1 Å². The van der Waals surface area contributed by atoms with Crippen LogP contribution < -0.4 is 11.1 Å². The molecule has 7 heteroatoms. The van der Waals surface area contributed by atoms with Crippen LogP contribution in [0.3, 0.4) is 0 Å². The monoisotopic (exact) mass is 521 g/mol. The molecule has 0 aliphatic heterocycles. The molecule has 0 amide bonds. The van der Waals surface area contributed by atoms with Gasteiger partial charge in [-0.25, -0.2) is 15.0 Å². The number of nitrogens with zero attached hydrogens (tertiary/aromatic N) is 5. The van der Waals surface area contributed by atoms with Crippen molar-refractivity contribution in [2.45, 2.75) is 38.6 Å². The Hall–Kier alpha value is -3.81. The van der Waals surface area contributed by atoms with Crippen LogP contribution in [0.4, 0.5) is 5.82 Å². The summed E-state index contributed by atoms with van der Waals surface area (Å²) >= 11 is 0. The van der Waals surface area contributed by atoms with E-state index in [-0.39, 0.29) is 5.54 Å². The van der Waals surface area contributed by atoms with Crippen molar-refractivity contribution in [2.24, 2.45) is 0 Å². The summed E-state index contributed by atoms with van der Waals surface area (Å²) in [5.74, 6) is 1.26.